The van der Waals surface area contributed by atoms with E-state index in [1.807, 2.05) is 7.05 Å². The maximum Gasteiger partial charge on any atom is 0.328 e. The molecule has 2 fully saturated rings. The van der Waals surface area contributed by atoms with Crippen molar-refractivity contribution in [3.63, 3.8) is 0 Å². The lowest BCUT2D eigenvalue weighted by molar-refractivity contribution is 0.0751. The van der Waals surface area contributed by atoms with Crippen molar-refractivity contribution >= 4 is 15.9 Å². The Kier molecular flexibility index (Phi) is 7.03. The minimum absolute atomic E-state index is 0.150. The Bertz CT molecular complexity index is 1250. The molecule has 184 valence electrons. The predicted octanol–water partition coefficient (Wildman–Crippen LogP) is -0.689. The second kappa shape index (κ2) is 9.82. The number of hydrogen-bond donors (Lipinski definition) is 2. The third-order valence-electron chi connectivity index (χ3n) is 6.53. The van der Waals surface area contributed by atoms with Gasteiger partial charge in [-0.25, -0.2) is 13.2 Å². The van der Waals surface area contributed by atoms with Crippen LogP contribution in [-0.2, 0) is 10.0 Å². The minimum Gasteiger partial charge on any atom is -0.391 e. The highest BCUT2D eigenvalue weighted by Gasteiger charge is 2.30. The molecule has 34 heavy (non-hydrogen) atoms. The highest BCUT2D eigenvalue weighted by molar-refractivity contribution is 7.89. The molecule has 2 atom stereocenters. The lowest BCUT2D eigenvalue weighted by Gasteiger charge is -2.31. The van der Waals surface area contributed by atoms with Crippen LogP contribution in [0.15, 0.2) is 51.0 Å². The molecule has 1 amide bonds. The van der Waals surface area contributed by atoms with Gasteiger partial charge in [-0.2, -0.15) is 4.31 Å². The number of carbonyl (C=O) groups excluding carboxylic acids is 1. The molecule has 2 saturated heterocycles. The molecule has 2 aliphatic heterocycles. The molecule has 2 aliphatic rings. The molecule has 1 aromatic carbocycles. The van der Waals surface area contributed by atoms with Crippen molar-refractivity contribution in [1.29, 1.82) is 0 Å². The van der Waals surface area contributed by atoms with E-state index in [1.165, 1.54) is 45.4 Å². The third kappa shape index (κ3) is 4.99. The van der Waals surface area contributed by atoms with Crippen LogP contribution in [0.4, 0.5) is 0 Å². The van der Waals surface area contributed by atoms with Crippen molar-refractivity contribution in [3.05, 3.63) is 62.9 Å². The number of aliphatic hydroxyl groups excluding tert-OH is 1. The van der Waals surface area contributed by atoms with Crippen LogP contribution in [0.5, 0.6) is 0 Å². The number of hydrogen-bond acceptors (Lipinski definition) is 7. The predicted molar refractivity (Wildman–Crippen MR) is 124 cm³/mol. The number of aromatic nitrogens is 2. The summed E-state index contributed by atoms with van der Waals surface area (Å²) >= 11 is 0. The monoisotopic (exact) mass is 491 g/mol. The van der Waals surface area contributed by atoms with Gasteiger partial charge in [-0.15, -0.1) is 0 Å². The van der Waals surface area contributed by atoms with Crippen LogP contribution in [-0.4, -0.2) is 95.5 Å². The number of piperazine rings is 1. The first kappa shape index (κ1) is 24.3. The van der Waals surface area contributed by atoms with Crippen molar-refractivity contribution < 1.29 is 18.3 Å². The fraction of sp³-hybridized carbons (Fsp3) is 0.500. The maximum atomic E-state index is 13.1. The van der Waals surface area contributed by atoms with Gasteiger partial charge in [0.15, 0.2) is 0 Å². The molecule has 0 unspecified atom stereocenters. The molecular formula is C22H29N5O6S. The van der Waals surface area contributed by atoms with Gasteiger partial charge >= 0.3 is 5.69 Å². The van der Waals surface area contributed by atoms with Gasteiger partial charge < -0.3 is 14.9 Å². The lowest BCUT2D eigenvalue weighted by atomic mass is 10.1. The molecule has 2 N–H and O–H groups in total. The van der Waals surface area contributed by atoms with Crippen LogP contribution in [0, 0.1) is 0 Å². The molecule has 0 spiro atoms. The zero-order valence-corrected chi connectivity index (χ0v) is 19.8. The SMILES string of the molecule is CN1CCN(S(=O)(=O)c2ccc(C(=O)N3CC[C@H](O)[C@@H](n4ccc(=O)[nH]c4=O)CC3)cc2)CC1. The zero-order valence-electron chi connectivity index (χ0n) is 19.0. The Morgan fingerprint density at radius 2 is 1.62 bits per heavy atom. The average molecular weight is 492 g/mol. The molecule has 11 nitrogen and oxygen atoms in total. The van der Waals surface area contributed by atoms with Crippen molar-refractivity contribution in [2.45, 2.75) is 29.9 Å². The van der Waals surface area contributed by atoms with Crippen LogP contribution in [0.1, 0.15) is 29.2 Å². The number of nitrogens with one attached hydrogen (secondary N) is 1. The van der Waals surface area contributed by atoms with Crippen LogP contribution < -0.4 is 11.2 Å². The number of H-pyrrole nitrogens is 1. The summed E-state index contributed by atoms with van der Waals surface area (Å²) in [6, 6.07) is 6.58. The normalized spacial score (nSPS) is 22.9. The van der Waals surface area contributed by atoms with Gasteiger partial charge in [-0.05, 0) is 44.2 Å². The second-order valence-electron chi connectivity index (χ2n) is 8.75. The molecule has 4 rings (SSSR count). The molecule has 2 aromatic rings. The number of carbonyl (C=O) groups is 1. The standard InChI is InChI=1S/C22H29N5O6S/c1-24-12-14-26(15-13-24)34(32,33)17-4-2-16(3-5-17)21(30)25-9-6-18(19(28)7-10-25)27-11-8-20(29)23-22(27)31/h2-5,8,11,18-19,28H,6-7,9-10,12-15H2,1H3,(H,23,29,31)/t18-,19-/m0/s1. The number of aliphatic hydroxyl groups is 1. The Morgan fingerprint density at radius 3 is 2.26 bits per heavy atom. The first-order valence-corrected chi connectivity index (χ1v) is 12.7. The highest BCUT2D eigenvalue weighted by atomic mass is 32.2. The molecule has 0 aliphatic carbocycles. The van der Waals surface area contributed by atoms with E-state index in [0.29, 0.717) is 44.7 Å². The summed E-state index contributed by atoms with van der Waals surface area (Å²) in [5, 5.41) is 10.6. The second-order valence-corrected chi connectivity index (χ2v) is 10.7. The number of aromatic amines is 1. The van der Waals surface area contributed by atoms with Gasteiger partial charge in [-0.1, -0.05) is 0 Å². The highest BCUT2D eigenvalue weighted by Crippen LogP contribution is 2.24. The molecule has 0 bridgehead atoms. The molecular weight excluding hydrogens is 462 g/mol. The first-order valence-electron chi connectivity index (χ1n) is 11.2. The fourth-order valence-corrected chi connectivity index (χ4v) is 5.84. The van der Waals surface area contributed by atoms with E-state index >= 15 is 0 Å². The van der Waals surface area contributed by atoms with Crippen LogP contribution >= 0.6 is 0 Å². The van der Waals surface area contributed by atoms with Crippen molar-refractivity contribution in [3.8, 4) is 0 Å². The van der Waals surface area contributed by atoms with Gasteiger partial charge in [0.05, 0.1) is 17.0 Å². The Morgan fingerprint density at radius 1 is 0.971 bits per heavy atom. The summed E-state index contributed by atoms with van der Waals surface area (Å²) in [6.45, 7) is 2.78. The molecule has 1 aromatic heterocycles. The summed E-state index contributed by atoms with van der Waals surface area (Å²) in [7, 11) is -1.67. The maximum absolute atomic E-state index is 13.1. The summed E-state index contributed by atoms with van der Waals surface area (Å²) in [4.78, 5) is 42.5. The number of likely N-dealkylation sites (N-methyl/N-ethyl adjacent to an activating group) is 1. The number of nitrogens with zero attached hydrogens (tertiary/aromatic N) is 4. The smallest absolute Gasteiger partial charge is 0.328 e. The fourth-order valence-electron chi connectivity index (χ4n) is 4.42. The first-order chi connectivity index (χ1) is 16.2. The van der Waals surface area contributed by atoms with Crippen molar-refractivity contribution in [2.75, 3.05) is 46.3 Å². The summed E-state index contributed by atoms with van der Waals surface area (Å²) in [5.41, 5.74) is -0.765. The van der Waals surface area contributed by atoms with Gasteiger partial charge in [0.1, 0.15) is 0 Å². The lowest BCUT2D eigenvalue weighted by Crippen LogP contribution is -2.47. The van der Waals surface area contributed by atoms with Crippen LogP contribution in [0.2, 0.25) is 0 Å². The minimum atomic E-state index is -3.62. The largest absolute Gasteiger partial charge is 0.391 e. The van der Waals surface area contributed by atoms with E-state index in [4.69, 9.17) is 0 Å². The number of sulfonamides is 1. The number of amides is 1. The van der Waals surface area contributed by atoms with Crippen molar-refractivity contribution in [1.82, 2.24) is 23.7 Å². The van der Waals surface area contributed by atoms with Gasteiger partial charge in [0.25, 0.3) is 11.5 Å². The number of benzene rings is 1. The van der Waals surface area contributed by atoms with Crippen molar-refractivity contribution in [2.24, 2.45) is 0 Å². The van der Waals surface area contributed by atoms with Gasteiger partial charge in [0, 0.05) is 57.1 Å². The van der Waals surface area contributed by atoms with E-state index in [2.05, 4.69) is 9.88 Å². The van der Waals surface area contributed by atoms with Crippen LogP contribution in [0.3, 0.4) is 0 Å². The quantitative estimate of drug-likeness (QED) is 0.578. The summed E-state index contributed by atoms with van der Waals surface area (Å²) in [5.74, 6) is -0.273. The number of rotatable bonds is 4. The van der Waals surface area contributed by atoms with E-state index in [9.17, 15) is 27.9 Å². The third-order valence-corrected chi connectivity index (χ3v) is 8.44. The van der Waals surface area contributed by atoms with Gasteiger partial charge in [-0.3, -0.25) is 19.1 Å². The van der Waals surface area contributed by atoms with E-state index in [0.717, 1.165) is 0 Å². The Hall–Kier alpha value is -2.80. The zero-order chi connectivity index (χ0) is 24.5. The molecule has 12 heteroatoms. The van der Waals surface area contributed by atoms with E-state index in [1.54, 1.807) is 4.90 Å². The van der Waals surface area contributed by atoms with Gasteiger partial charge in [0.2, 0.25) is 10.0 Å². The number of likely N-dealkylation sites (tertiary alicyclic amines) is 1. The molecule has 0 radical (unpaired) electrons. The van der Waals surface area contributed by atoms with Crippen LogP contribution in [0.25, 0.3) is 0 Å². The summed E-state index contributed by atoms with van der Waals surface area (Å²) < 4.78 is 28.6. The van der Waals surface area contributed by atoms with E-state index < -0.39 is 33.4 Å². The van der Waals surface area contributed by atoms with E-state index in [-0.39, 0.29) is 23.8 Å². The molecule has 3 heterocycles. The Labute approximate surface area is 197 Å². The summed E-state index contributed by atoms with van der Waals surface area (Å²) in [6.07, 6.45) is 1.08. The average Bonchev–Trinajstić information content (AvgIpc) is 3.01. The molecule has 0 saturated carbocycles. The Balaban J connectivity index is 1.46. The topological polar surface area (TPSA) is 136 Å².